The minimum Gasteiger partial charge on any atom is -0.390 e. The van der Waals surface area contributed by atoms with Crippen LogP contribution in [0.15, 0.2) is 12.3 Å². The third kappa shape index (κ3) is 1.98. The SMILES string of the molecule is C[C@@]1(O)CC[C@H]2[C@H](CC[C@@H]3[C@@H]2CC[C@@]2(C)[C@H]3[C@H]3[C@@H]4[C@@]3(C)[C@]42C(=O)Cn2ccc(C#N)n2)C1. The van der Waals surface area contributed by atoms with Gasteiger partial charge in [0.1, 0.15) is 12.6 Å². The van der Waals surface area contributed by atoms with Crippen LogP contribution in [-0.4, -0.2) is 26.3 Å². The second kappa shape index (κ2) is 5.69. The van der Waals surface area contributed by atoms with Crippen molar-refractivity contribution in [1.82, 2.24) is 9.78 Å². The van der Waals surface area contributed by atoms with Crippen LogP contribution in [0.2, 0.25) is 0 Å². The van der Waals surface area contributed by atoms with E-state index in [0.717, 1.165) is 36.5 Å². The van der Waals surface area contributed by atoms with Crippen molar-refractivity contribution in [1.29, 1.82) is 5.26 Å². The highest BCUT2D eigenvalue weighted by Gasteiger charge is 3.05. The van der Waals surface area contributed by atoms with Gasteiger partial charge in [0.05, 0.1) is 5.60 Å². The Kier molecular flexibility index (Phi) is 3.51. The molecule has 0 aliphatic heterocycles. The van der Waals surface area contributed by atoms with Gasteiger partial charge in [-0.25, -0.2) is 0 Å². The summed E-state index contributed by atoms with van der Waals surface area (Å²) >= 11 is 0. The second-order valence-electron chi connectivity index (χ2n) is 13.1. The van der Waals surface area contributed by atoms with E-state index < -0.39 is 5.60 Å². The summed E-state index contributed by atoms with van der Waals surface area (Å²) in [6.07, 6.45) is 9.96. The van der Waals surface area contributed by atoms with E-state index in [1.807, 2.05) is 6.92 Å². The summed E-state index contributed by atoms with van der Waals surface area (Å²) < 4.78 is 1.69. The van der Waals surface area contributed by atoms with Crippen molar-refractivity contribution in [3.63, 3.8) is 0 Å². The smallest absolute Gasteiger partial charge is 0.162 e. The number of carbonyl (C=O) groups is 1. The summed E-state index contributed by atoms with van der Waals surface area (Å²) in [4.78, 5) is 13.8. The Labute approximate surface area is 190 Å². The van der Waals surface area contributed by atoms with Gasteiger partial charge < -0.3 is 5.11 Å². The van der Waals surface area contributed by atoms with Crippen LogP contribution in [-0.2, 0) is 11.3 Å². The number of hydrogen-bond acceptors (Lipinski definition) is 4. The molecule has 1 aromatic rings. The average Bonchev–Trinajstić information content (AvgIpc) is 3.29. The zero-order valence-electron chi connectivity index (χ0n) is 19.6. The normalized spacial score (nSPS) is 56.3. The fourth-order valence-corrected chi connectivity index (χ4v) is 11.2. The molecule has 7 saturated carbocycles. The quantitative estimate of drug-likeness (QED) is 0.775. The summed E-state index contributed by atoms with van der Waals surface area (Å²) in [6, 6.07) is 3.78. The van der Waals surface area contributed by atoms with E-state index in [4.69, 9.17) is 5.26 Å². The minimum absolute atomic E-state index is 0.132. The Morgan fingerprint density at radius 1 is 1.16 bits per heavy atom. The van der Waals surface area contributed by atoms with Crippen LogP contribution in [0.25, 0.3) is 0 Å². The lowest BCUT2D eigenvalue weighted by molar-refractivity contribution is -0.137. The Morgan fingerprint density at radius 2 is 1.91 bits per heavy atom. The van der Waals surface area contributed by atoms with Crippen LogP contribution in [0.1, 0.15) is 71.4 Å². The van der Waals surface area contributed by atoms with Crippen LogP contribution in [0.4, 0.5) is 0 Å². The van der Waals surface area contributed by atoms with E-state index in [2.05, 4.69) is 25.0 Å². The molecule has 1 N–H and O–H groups in total. The Morgan fingerprint density at radius 3 is 2.62 bits per heavy atom. The molecule has 0 saturated heterocycles. The molecule has 11 atom stereocenters. The standard InChI is InChI=1S/C27H35N3O2/c1-24(32)9-6-17-15(12-24)4-5-19-18(17)7-10-25(2)21(19)22-23-26(22,3)27(23,25)20(31)14-30-11-8-16(13-28)29-30/h8,11,15,17-19,21-23,32H,4-7,9-10,12,14H2,1-3H3/t15-,17+,18-,19-,21-,22+,23-,24-,25+,26+,27-/m1/s1. The molecule has 8 rings (SSSR count). The molecule has 7 aliphatic carbocycles. The second-order valence-corrected chi connectivity index (χ2v) is 13.1. The molecule has 32 heavy (non-hydrogen) atoms. The number of aromatic nitrogens is 2. The van der Waals surface area contributed by atoms with Crippen molar-refractivity contribution in [2.75, 3.05) is 0 Å². The number of carbonyl (C=O) groups excluding carboxylic acids is 1. The number of nitrogens with zero attached hydrogens (tertiary/aromatic N) is 3. The summed E-state index contributed by atoms with van der Waals surface area (Å²) in [5, 5.41) is 24.0. The third-order valence-corrected chi connectivity index (χ3v) is 12.1. The van der Waals surface area contributed by atoms with E-state index in [-0.39, 0.29) is 16.2 Å². The molecule has 5 nitrogen and oxygen atoms in total. The Bertz CT molecular complexity index is 1070. The van der Waals surface area contributed by atoms with Crippen LogP contribution in [0.5, 0.6) is 0 Å². The number of fused-ring (bicyclic) bond motifs is 3. The van der Waals surface area contributed by atoms with Gasteiger partial charge in [-0.1, -0.05) is 13.8 Å². The van der Waals surface area contributed by atoms with E-state index in [9.17, 15) is 9.90 Å². The first-order chi connectivity index (χ1) is 15.2. The molecule has 0 amide bonds. The molecule has 170 valence electrons. The number of Topliss-reactive ketones (excluding diaryl/α,β-unsaturated/α-hetero) is 1. The van der Waals surface area contributed by atoms with E-state index in [0.29, 0.717) is 35.8 Å². The van der Waals surface area contributed by atoms with Crippen molar-refractivity contribution >= 4 is 5.78 Å². The van der Waals surface area contributed by atoms with Gasteiger partial charge >= 0.3 is 0 Å². The number of nitriles is 1. The summed E-state index contributed by atoms with van der Waals surface area (Å²) in [5.41, 5.74) is 0.133. The molecule has 0 radical (unpaired) electrons. The zero-order chi connectivity index (χ0) is 22.3. The van der Waals surface area contributed by atoms with Crippen molar-refractivity contribution in [3.05, 3.63) is 18.0 Å². The molecular formula is C27H35N3O2. The van der Waals surface area contributed by atoms with Crippen molar-refractivity contribution in [2.24, 2.45) is 57.7 Å². The number of aliphatic hydroxyl groups is 1. The van der Waals surface area contributed by atoms with Crippen LogP contribution in [0.3, 0.4) is 0 Å². The molecule has 0 aromatic carbocycles. The fourth-order valence-electron chi connectivity index (χ4n) is 11.2. The highest BCUT2D eigenvalue weighted by Crippen LogP contribution is 3.06. The first kappa shape index (κ1) is 19.8. The predicted octanol–water partition coefficient (Wildman–Crippen LogP) is 4.20. The van der Waals surface area contributed by atoms with Gasteiger partial charge in [-0.15, -0.1) is 0 Å². The number of ketones is 1. The van der Waals surface area contributed by atoms with Crippen LogP contribution in [0, 0.1) is 69.0 Å². The first-order valence-corrected chi connectivity index (χ1v) is 12.9. The summed E-state index contributed by atoms with van der Waals surface area (Å²) in [7, 11) is 0. The summed E-state index contributed by atoms with van der Waals surface area (Å²) in [5.74, 6) is 5.50. The molecule has 2 bridgehead atoms. The average molecular weight is 434 g/mol. The van der Waals surface area contributed by atoms with Gasteiger partial charge in [0.15, 0.2) is 11.5 Å². The molecule has 7 fully saturated rings. The monoisotopic (exact) mass is 433 g/mol. The molecule has 5 heteroatoms. The molecular weight excluding hydrogens is 398 g/mol. The van der Waals surface area contributed by atoms with Crippen molar-refractivity contribution in [2.45, 2.75) is 77.9 Å². The van der Waals surface area contributed by atoms with Crippen LogP contribution >= 0.6 is 0 Å². The topological polar surface area (TPSA) is 78.9 Å². The lowest BCUT2D eigenvalue weighted by Crippen LogP contribution is -2.51. The van der Waals surface area contributed by atoms with Crippen molar-refractivity contribution < 1.29 is 9.90 Å². The van der Waals surface area contributed by atoms with E-state index in [1.165, 1.54) is 32.1 Å². The largest absolute Gasteiger partial charge is 0.390 e. The van der Waals surface area contributed by atoms with Crippen LogP contribution < -0.4 is 0 Å². The van der Waals surface area contributed by atoms with Gasteiger partial charge in [-0.3, -0.25) is 9.48 Å². The zero-order valence-corrected chi connectivity index (χ0v) is 19.6. The lowest BCUT2D eigenvalue weighted by atomic mass is 9.48. The highest BCUT2D eigenvalue weighted by atomic mass is 16.3. The highest BCUT2D eigenvalue weighted by molar-refractivity contribution is 5.95. The van der Waals surface area contributed by atoms with Gasteiger partial charge in [0, 0.05) is 11.6 Å². The maximum Gasteiger partial charge on any atom is 0.162 e. The first-order valence-electron chi connectivity index (χ1n) is 12.9. The minimum atomic E-state index is -0.460. The van der Waals surface area contributed by atoms with E-state index >= 15 is 0 Å². The molecule has 0 unspecified atom stereocenters. The fraction of sp³-hybridized carbons (Fsp3) is 0.815. The predicted molar refractivity (Wildman–Crippen MR) is 118 cm³/mol. The van der Waals surface area contributed by atoms with Gasteiger partial charge in [0.25, 0.3) is 0 Å². The number of rotatable bonds is 3. The number of hydrogen-bond donors (Lipinski definition) is 1. The van der Waals surface area contributed by atoms with Crippen molar-refractivity contribution in [3.8, 4) is 6.07 Å². The van der Waals surface area contributed by atoms with Gasteiger partial charge in [0.2, 0.25) is 0 Å². The van der Waals surface area contributed by atoms with Gasteiger partial charge in [-0.2, -0.15) is 10.4 Å². The van der Waals surface area contributed by atoms with Gasteiger partial charge in [-0.05, 0) is 110 Å². The third-order valence-electron chi connectivity index (χ3n) is 12.1. The lowest BCUT2D eigenvalue weighted by Gasteiger charge is -2.56. The van der Waals surface area contributed by atoms with E-state index in [1.54, 1.807) is 16.9 Å². The molecule has 1 aromatic heterocycles. The molecule has 0 spiro atoms. The molecule has 1 heterocycles. The Balaban J connectivity index is 1.17. The Hall–Kier alpha value is -1.67. The maximum atomic E-state index is 13.8. The maximum absolute atomic E-state index is 13.8. The molecule has 7 aliphatic rings. The summed E-state index contributed by atoms with van der Waals surface area (Å²) in [6.45, 7) is 7.24.